The molecule has 5 nitrogen and oxygen atoms in total. The molecule has 1 aliphatic rings. The number of carbonyl (C=O) groups is 2. The molecule has 0 saturated heterocycles. The number of hydrogen-bond donors (Lipinski definition) is 3. The number of urea groups is 1. The minimum Gasteiger partial charge on any atom is -0.481 e. The Morgan fingerprint density at radius 1 is 1.10 bits per heavy atom. The molecular formula is C15H28N2O3. The third kappa shape index (κ3) is 4.69. The first-order valence-electron chi connectivity index (χ1n) is 7.79. The number of rotatable bonds is 7. The average molecular weight is 284 g/mol. The monoisotopic (exact) mass is 284 g/mol. The van der Waals surface area contributed by atoms with E-state index in [1.165, 1.54) is 0 Å². The zero-order chi connectivity index (χ0) is 15.0. The number of nitrogens with one attached hydrogen (secondary N) is 2. The second-order valence-electron chi connectivity index (χ2n) is 5.89. The van der Waals surface area contributed by atoms with Crippen molar-refractivity contribution in [3.63, 3.8) is 0 Å². The highest BCUT2D eigenvalue weighted by atomic mass is 16.4. The normalized spacial score (nSPS) is 17.8. The van der Waals surface area contributed by atoms with E-state index in [1.54, 1.807) is 0 Å². The molecule has 20 heavy (non-hydrogen) atoms. The van der Waals surface area contributed by atoms with E-state index in [9.17, 15) is 14.7 Å². The highest BCUT2D eigenvalue weighted by Gasteiger charge is 2.39. The molecule has 1 aliphatic carbocycles. The smallest absolute Gasteiger partial charge is 0.314 e. The lowest BCUT2D eigenvalue weighted by molar-refractivity contribution is -0.150. The van der Waals surface area contributed by atoms with Gasteiger partial charge in [0.1, 0.15) is 0 Å². The molecule has 0 aliphatic heterocycles. The van der Waals surface area contributed by atoms with Crippen LogP contribution in [0, 0.1) is 11.3 Å². The number of carboxylic acids is 1. The summed E-state index contributed by atoms with van der Waals surface area (Å²) >= 11 is 0. The molecule has 1 saturated carbocycles. The molecule has 0 aromatic rings. The minimum absolute atomic E-state index is 0.233. The van der Waals surface area contributed by atoms with Crippen LogP contribution in [0.2, 0.25) is 0 Å². The standard InChI is InChI=1S/C15H28N2O3/c1-3-12(4-2)10-16-14(20)17-11-15(13(18)19)8-6-5-7-9-15/h12H,3-11H2,1-2H3,(H,18,19)(H2,16,17,20). The van der Waals surface area contributed by atoms with Gasteiger partial charge in [0.25, 0.3) is 0 Å². The first kappa shape index (κ1) is 16.8. The fourth-order valence-corrected chi connectivity index (χ4v) is 2.82. The number of carboxylic acid groups (broad SMARTS) is 1. The van der Waals surface area contributed by atoms with Crippen LogP contribution in [-0.4, -0.2) is 30.2 Å². The SMILES string of the molecule is CCC(CC)CNC(=O)NCC1(C(=O)O)CCCCC1. The summed E-state index contributed by atoms with van der Waals surface area (Å²) < 4.78 is 0. The van der Waals surface area contributed by atoms with Gasteiger partial charge < -0.3 is 15.7 Å². The van der Waals surface area contributed by atoms with Crippen LogP contribution in [0.15, 0.2) is 0 Å². The lowest BCUT2D eigenvalue weighted by Gasteiger charge is -2.33. The van der Waals surface area contributed by atoms with Gasteiger partial charge in [0, 0.05) is 13.1 Å². The predicted molar refractivity (Wildman–Crippen MR) is 78.6 cm³/mol. The minimum atomic E-state index is -0.780. The molecule has 0 aromatic carbocycles. The third-order valence-electron chi connectivity index (χ3n) is 4.56. The van der Waals surface area contributed by atoms with Gasteiger partial charge in [-0.05, 0) is 18.8 Å². The van der Waals surface area contributed by atoms with Gasteiger partial charge in [0.05, 0.1) is 5.41 Å². The van der Waals surface area contributed by atoms with Gasteiger partial charge >= 0.3 is 12.0 Å². The van der Waals surface area contributed by atoms with Crippen LogP contribution in [-0.2, 0) is 4.79 Å². The highest BCUT2D eigenvalue weighted by Crippen LogP contribution is 2.35. The summed E-state index contributed by atoms with van der Waals surface area (Å²) in [5.41, 5.74) is -0.759. The Balaban J connectivity index is 2.39. The quantitative estimate of drug-likeness (QED) is 0.672. The van der Waals surface area contributed by atoms with Crippen molar-refractivity contribution >= 4 is 12.0 Å². The molecule has 116 valence electrons. The van der Waals surface area contributed by atoms with Crippen molar-refractivity contribution in [2.24, 2.45) is 11.3 Å². The van der Waals surface area contributed by atoms with Crippen LogP contribution in [0.3, 0.4) is 0 Å². The fraction of sp³-hybridized carbons (Fsp3) is 0.867. The highest BCUT2D eigenvalue weighted by molar-refractivity contribution is 5.78. The van der Waals surface area contributed by atoms with E-state index < -0.39 is 11.4 Å². The van der Waals surface area contributed by atoms with Gasteiger partial charge in [-0.1, -0.05) is 46.0 Å². The summed E-state index contributed by atoms with van der Waals surface area (Å²) in [4.78, 5) is 23.2. The van der Waals surface area contributed by atoms with Crippen LogP contribution in [0.5, 0.6) is 0 Å². The molecule has 0 unspecified atom stereocenters. The van der Waals surface area contributed by atoms with E-state index in [0.717, 1.165) is 32.1 Å². The van der Waals surface area contributed by atoms with Crippen molar-refractivity contribution in [2.45, 2.75) is 58.8 Å². The first-order valence-corrected chi connectivity index (χ1v) is 7.79. The van der Waals surface area contributed by atoms with Gasteiger partial charge in [-0.2, -0.15) is 0 Å². The van der Waals surface area contributed by atoms with Crippen molar-refractivity contribution in [1.82, 2.24) is 10.6 Å². The Morgan fingerprint density at radius 3 is 2.20 bits per heavy atom. The average Bonchev–Trinajstić information content (AvgIpc) is 2.47. The van der Waals surface area contributed by atoms with E-state index in [-0.39, 0.29) is 12.6 Å². The Hall–Kier alpha value is -1.26. The Labute approximate surface area is 121 Å². The number of carbonyl (C=O) groups excluding carboxylic acids is 1. The van der Waals surface area contributed by atoms with Gasteiger partial charge in [0.15, 0.2) is 0 Å². The van der Waals surface area contributed by atoms with E-state index in [1.807, 2.05) is 0 Å². The van der Waals surface area contributed by atoms with Crippen molar-refractivity contribution in [2.75, 3.05) is 13.1 Å². The maximum atomic E-state index is 11.8. The van der Waals surface area contributed by atoms with Crippen molar-refractivity contribution in [3.05, 3.63) is 0 Å². The van der Waals surface area contributed by atoms with Gasteiger partial charge in [-0.15, -0.1) is 0 Å². The second kappa shape index (κ2) is 8.12. The lowest BCUT2D eigenvalue weighted by Crippen LogP contribution is -2.47. The largest absolute Gasteiger partial charge is 0.481 e. The topological polar surface area (TPSA) is 78.4 Å². The third-order valence-corrected chi connectivity index (χ3v) is 4.56. The lowest BCUT2D eigenvalue weighted by atomic mass is 9.74. The molecule has 0 heterocycles. The van der Waals surface area contributed by atoms with E-state index >= 15 is 0 Å². The molecule has 1 rings (SSSR count). The fourth-order valence-electron chi connectivity index (χ4n) is 2.82. The summed E-state index contributed by atoms with van der Waals surface area (Å²) in [5, 5.41) is 15.0. The van der Waals surface area contributed by atoms with Gasteiger partial charge in [0.2, 0.25) is 0 Å². The molecule has 0 atom stereocenters. The van der Waals surface area contributed by atoms with Crippen molar-refractivity contribution in [3.8, 4) is 0 Å². The summed E-state index contributed by atoms with van der Waals surface area (Å²) in [6, 6.07) is -0.247. The Bertz CT molecular complexity index is 321. The molecular weight excluding hydrogens is 256 g/mol. The first-order chi connectivity index (χ1) is 9.54. The number of aliphatic carboxylic acids is 1. The van der Waals surface area contributed by atoms with E-state index in [2.05, 4.69) is 24.5 Å². The number of hydrogen-bond acceptors (Lipinski definition) is 2. The Morgan fingerprint density at radius 2 is 1.70 bits per heavy atom. The zero-order valence-electron chi connectivity index (χ0n) is 12.7. The molecule has 1 fully saturated rings. The predicted octanol–water partition coefficient (Wildman–Crippen LogP) is 2.76. The molecule has 5 heteroatoms. The van der Waals surface area contributed by atoms with E-state index in [0.29, 0.717) is 25.3 Å². The summed E-state index contributed by atoms with van der Waals surface area (Å²) in [7, 11) is 0. The molecule has 2 amide bonds. The summed E-state index contributed by atoms with van der Waals surface area (Å²) in [5.74, 6) is -0.290. The number of amides is 2. The van der Waals surface area contributed by atoms with Crippen molar-refractivity contribution < 1.29 is 14.7 Å². The second-order valence-corrected chi connectivity index (χ2v) is 5.89. The van der Waals surface area contributed by atoms with E-state index in [4.69, 9.17) is 0 Å². The molecule has 0 aromatic heterocycles. The van der Waals surface area contributed by atoms with Gasteiger partial charge in [-0.25, -0.2) is 4.79 Å². The maximum absolute atomic E-state index is 11.8. The van der Waals surface area contributed by atoms with Crippen LogP contribution in [0.25, 0.3) is 0 Å². The molecule has 3 N–H and O–H groups in total. The molecule has 0 spiro atoms. The van der Waals surface area contributed by atoms with Crippen LogP contribution in [0.1, 0.15) is 58.8 Å². The molecule has 0 bridgehead atoms. The molecule has 0 radical (unpaired) electrons. The Kier molecular flexibility index (Phi) is 6.82. The van der Waals surface area contributed by atoms with Crippen LogP contribution in [0.4, 0.5) is 4.79 Å². The summed E-state index contributed by atoms with van der Waals surface area (Å²) in [6.07, 6.45) is 6.36. The van der Waals surface area contributed by atoms with Crippen LogP contribution < -0.4 is 10.6 Å². The van der Waals surface area contributed by atoms with Crippen LogP contribution >= 0.6 is 0 Å². The zero-order valence-corrected chi connectivity index (χ0v) is 12.7. The van der Waals surface area contributed by atoms with Gasteiger partial charge in [-0.3, -0.25) is 4.79 Å². The summed E-state index contributed by atoms with van der Waals surface area (Å²) in [6.45, 7) is 5.10. The maximum Gasteiger partial charge on any atom is 0.314 e. The van der Waals surface area contributed by atoms with Crippen molar-refractivity contribution in [1.29, 1.82) is 0 Å².